The SMILES string of the molecule is C=CC[C@@H](N)c1cc(C(F)(F)F)cc(Cl)c1F. The van der Waals surface area contributed by atoms with Crippen molar-refractivity contribution in [3.63, 3.8) is 0 Å². The third-order valence-electron chi connectivity index (χ3n) is 2.20. The van der Waals surface area contributed by atoms with Gasteiger partial charge >= 0.3 is 6.18 Å². The lowest BCUT2D eigenvalue weighted by Gasteiger charge is -2.15. The van der Waals surface area contributed by atoms with Crippen molar-refractivity contribution < 1.29 is 17.6 Å². The van der Waals surface area contributed by atoms with Gasteiger partial charge in [0.1, 0.15) is 5.82 Å². The third kappa shape index (κ3) is 3.20. The fourth-order valence-electron chi connectivity index (χ4n) is 1.35. The minimum Gasteiger partial charge on any atom is -0.324 e. The quantitative estimate of drug-likeness (QED) is 0.648. The molecule has 0 amide bonds. The van der Waals surface area contributed by atoms with Crippen LogP contribution in [0.1, 0.15) is 23.6 Å². The lowest BCUT2D eigenvalue weighted by atomic mass is 10.0. The van der Waals surface area contributed by atoms with Crippen molar-refractivity contribution in [1.29, 1.82) is 0 Å². The molecule has 0 saturated carbocycles. The van der Waals surface area contributed by atoms with Crippen LogP contribution in [-0.2, 0) is 6.18 Å². The van der Waals surface area contributed by atoms with Crippen LogP contribution >= 0.6 is 11.6 Å². The van der Waals surface area contributed by atoms with Crippen LogP contribution in [0.15, 0.2) is 24.8 Å². The highest BCUT2D eigenvalue weighted by atomic mass is 35.5. The van der Waals surface area contributed by atoms with E-state index in [0.29, 0.717) is 12.1 Å². The molecule has 0 aromatic heterocycles. The Balaban J connectivity index is 3.29. The van der Waals surface area contributed by atoms with Gasteiger partial charge in [-0.3, -0.25) is 0 Å². The first-order valence-corrected chi connectivity index (χ1v) is 5.07. The van der Waals surface area contributed by atoms with Gasteiger partial charge in [-0.15, -0.1) is 6.58 Å². The van der Waals surface area contributed by atoms with E-state index >= 15 is 0 Å². The Labute approximate surface area is 101 Å². The summed E-state index contributed by atoms with van der Waals surface area (Å²) in [7, 11) is 0. The normalized spacial score (nSPS) is 13.5. The molecule has 0 spiro atoms. The summed E-state index contributed by atoms with van der Waals surface area (Å²) in [5.41, 5.74) is 4.28. The fraction of sp³-hybridized carbons (Fsp3) is 0.273. The van der Waals surface area contributed by atoms with E-state index in [-0.39, 0.29) is 12.0 Å². The highest BCUT2D eigenvalue weighted by molar-refractivity contribution is 6.30. The zero-order valence-electron chi connectivity index (χ0n) is 8.69. The van der Waals surface area contributed by atoms with E-state index in [4.69, 9.17) is 17.3 Å². The summed E-state index contributed by atoms with van der Waals surface area (Å²) in [4.78, 5) is 0. The number of alkyl halides is 3. The smallest absolute Gasteiger partial charge is 0.324 e. The Morgan fingerprint density at radius 2 is 2.00 bits per heavy atom. The molecule has 0 saturated heterocycles. The standard InChI is InChI=1S/C11H10ClF4N/c1-2-3-9(17)7-4-6(11(14,15)16)5-8(12)10(7)13/h2,4-5,9H,1,3,17H2/t9-/m1/s1. The molecular formula is C11H10ClF4N. The Morgan fingerprint density at radius 3 is 2.47 bits per heavy atom. The molecule has 0 bridgehead atoms. The van der Waals surface area contributed by atoms with Gasteiger partial charge in [-0.25, -0.2) is 4.39 Å². The van der Waals surface area contributed by atoms with Crippen LogP contribution < -0.4 is 5.73 Å². The monoisotopic (exact) mass is 267 g/mol. The van der Waals surface area contributed by atoms with Crippen molar-refractivity contribution in [2.24, 2.45) is 5.73 Å². The Morgan fingerprint density at radius 1 is 1.41 bits per heavy atom. The first-order chi connectivity index (χ1) is 7.77. The molecule has 0 aliphatic heterocycles. The van der Waals surface area contributed by atoms with Gasteiger partial charge in [-0.05, 0) is 18.6 Å². The highest BCUT2D eigenvalue weighted by Gasteiger charge is 2.32. The molecule has 1 nitrogen and oxygen atoms in total. The number of rotatable bonds is 3. The van der Waals surface area contributed by atoms with Crippen molar-refractivity contribution in [3.05, 3.63) is 46.8 Å². The third-order valence-corrected chi connectivity index (χ3v) is 2.48. The number of nitrogens with two attached hydrogens (primary N) is 1. The molecular weight excluding hydrogens is 258 g/mol. The Bertz CT molecular complexity index is 428. The van der Waals surface area contributed by atoms with Crippen LogP contribution in [0, 0.1) is 5.82 Å². The second-order valence-corrected chi connectivity index (χ2v) is 3.90. The van der Waals surface area contributed by atoms with Crippen molar-refractivity contribution in [3.8, 4) is 0 Å². The van der Waals surface area contributed by atoms with E-state index in [0.717, 1.165) is 0 Å². The number of hydrogen-bond acceptors (Lipinski definition) is 1. The van der Waals surface area contributed by atoms with E-state index in [1.807, 2.05) is 0 Å². The molecule has 1 aromatic carbocycles. The van der Waals surface area contributed by atoms with Gasteiger partial charge in [-0.1, -0.05) is 17.7 Å². The van der Waals surface area contributed by atoms with Gasteiger partial charge in [0.25, 0.3) is 0 Å². The van der Waals surface area contributed by atoms with Crippen LogP contribution in [0.2, 0.25) is 5.02 Å². The minimum absolute atomic E-state index is 0.161. The predicted octanol–water partition coefficient (Wildman–Crippen LogP) is 4.07. The van der Waals surface area contributed by atoms with Crippen molar-refractivity contribution in [2.45, 2.75) is 18.6 Å². The highest BCUT2D eigenvalue weighted by Crippen LogP contribution is 2.35. The summed E-state index contributed by atoms with van der Waals surface area (Å²) in [5.74, 6) is -0.922. The molecule has 17 heavy (non-hydrogen) atoms. The van der Waals surface area contributed by atoms with Gasteiger partial charge in [-0.2, -0.15) is 13.2 Å². The lowest BCUT2D eigenvalue weighted by molar-refractivity contribution is -0.137. The van der Waals surface area contributed by atoms with E-state index in [1.165, 1.54) is 6.08 Å². The number of benzene rings is 1. The molecule has 6 heteroatoms. The van der Waals surface area contributed by atoms with Gasteiger partial charge in [0, 0.05) is 11.6 Å². The van der Waals surface area contributed by atoms with Gasteiger partial charge < -0.3 is 5.73 Å². The molecule has 94 valence electrons. The van der Waals surface area contributed by atoms with Crippen LogP contribution in [0.25, 0.3) is 0 Å². The van der Waals surface area contributed by atoms with Gasteiger partial charge in [0.05, 0.1) is 10.6 Å². The van der Waals surface area contributed by atoms with Crippen molar-refractivity contribution in [2.75, 3.05) is 0 Å². The average molecular weight is 268 g/mol. The van der Waals surface area contributed by atoms with Crippen LogP contribution in [0.3, 0.4) is 0 Å². The summed E-state index contributed by atoms with van der Waals surface area (Å²) in [6.07, 6.45) is -3.02. The number of hydrogen-bond donors (Lipinski definition) is 1. The van der Waals surface area contributed by atoms with E-state index in [2.05, 4.69) is 6.58 Å². The van der Waals surface area contributed by atoms with Crippen LogP contribution in [0.5, 0.6) is 0 Å². The molecule has 1 atom stereocenters. The second-order valence-electron chi connectivity index (χ2n) is 3.49. The summed E-state index contributed by atoms with van der Waals surface area (Å²) in [5, 5.41) is -0.589. The summed E-state index contributed by atoms with van der Waals surface area (Å²) >= 11 is 5.41. The maximum atomic E-state index is 13.5. The van der Waals surface area contributed by atoms with Crippen LogP contribution in [0.4, 0.5) is 17.6 Å². The van der Waals surface area contributed by atoms with Crippen molar-refractivity contribution >= 4 is 11.6 Å². The molecule has 0 fully saturated rings. The topological polar surface area (TPSA) is 26.0 Å². The van der Waals surface area contributed by atoms with Crippen molar-refractivity contribution in [1.82, 2.24) is 0 Å². The van der Waals surface area contributed by atoms with E-state index < -0.39 is 28.6 Å². The summed E-state index contributed by atoms with van der Waals surface area (Å²) < 4.78 is 51.0. The maximum absolute atomic E-state index is 13.5. The zero-order chi connectivity index (χ0) is 13.2. The van der Waals surface area contributed by atoms with Crippen LogP contribution in [-0.4, -0.2) is 0 Å². The predicted molar refractivity (Wildman–Crippen MR) is 58.2 cm³/mol. The summed E-state index contributed by atoms with van der Waals surface area (Å²) in [6.45, 7) is 3.39. The maximum Gasteiger partial charge on any atom is 0.416 e. The number of halogens is 5. The fourth-order valence-corrected chi connectivity index (χ4v) is 1.58. The van der Waals surface area contributed by atoms with Gasteiger partial charge in [0.2, 0.25) is 0 Å². The first kappa shape index (κ1) is 14.0. The molecule has 1 aromatic rings. The zero-order valence-corrected chi connectivity index (χ0v) is 9.45. The Kier molecular flexibility index (Phi) is 4.16. The minimum atomic E-state index is -4.58. The second kappa shape index (κ2) is 5.06. The molecule has 0 heterocycles. The molecule has 0 unspecified atom stereocenters. The average Bonchev–Trinajstić information content (AvgIpc) is 2.20. The van der Waals surface area contributed by atoms with E-state index in [9.17, 15) is 17.6 Å². The van der Waals surface area contributed by atoms with E-state index in [1.54, 1.807) is 0 Å². The molecule has 2 N–H and O–H groups in total. The molecule has 0 aliphatic rings. The molecule has 0 aliphatic carbocycles. The first-order valence-electron chi connectivity index (χ1n) is 4.70. The lowest BCUT2D eigenvalue weighted by Crippen LogP contribution is -2.14. The molecule has 1 rings (SSSR count). The summed E-state index contributed by atoms with van der Waals surface area (Å²) in [6, 6.07) is 0.323. The Hall–Kier alpha value is -1.07. The molecule has 0 radical (unpaired) electrons. The van der Waals surface area contributed by atoms with Gasteiger partial charge in [0.15, 0.2) is 0 Å². The largest absolute Gasteiger partial charge is 0.416 e.